The molecule has 0 aliphatic rings. The maximum absolute atomic E-state index is 5.93. The number of nitrogens with zero attached hydrogens (tertiary/aromatic N) is 1. The van der Waals surface area contributed by atoms with Gasteiger partial charge in [-0.2, -0.15) is 0 Å². The predicted octanol–water partition coefficient (Wildman–Crippen LogP) is 3.72. The molecule has 0 aliphatic carbocycles. The number of aryl methyl sites for hydroxylation is 1. The fraction of sp³-hybridized carbons (Fsp3) is 0.235. The van der Waals surface area contributed by atoms with Gasteiger partial charge in [0.05, 0.1) is 6.04 Å². The summed E-state index contributed by atoms with van der Waals surface area (Å²) in [6.07, 6.45) is 5.68. The molecule has 1 unspecified atom stereocenters. The Bertz CT molecular complexity index is 643. The summed E-state index contributed by atoms with van der Waals surface area (Å²) >= 11 is 0. The number of furan rings is 1. The van der Waals surface area contributed by atoms with Gasteiger partial charge in [-0.1, -0.05) is 18.2 Å². The summed E-state index contributed by atoms with van der Waals surface area (Å²) in [5.41, 5.74) is 2.25. The molecular weight excluding hydrogens is 248 g/mol. The maximum atomic E-state index is 5.93. The van der Waals surface area contributed by atoms with Crippen molar-refractivity contribution < 1.29 is 4.42 Å². The lowest BCUT2D eigenvalue weighted by Crippen LogP contribution is -2.16. The van der Waals surface area contributed by atoms with Gasteiger partial charge in [0.2, 0.25) is 0 Å². The van der Waals surface area contributed by atoms with Crippen molar-refractivity contribution in [3.8, 4) is 0 Å². The van der Waals surface area contributed by atoms with Crippen LogP contribution in [0.2, 0.25) is 0 Å². The molecule has 20 heavy (non-hydrogen) atoms. The normalized spacial score (nSPS) is 12.7. The topological polar surface area (TPSA) is 38.1 Å². The molecule has 0 spiro atoms. The van der Waals surface area contributed by atoms with Crippen LogP contribution in [0.1, 0.15) is 23.8 Å². The van der Waals surface area contributed by atoms with Crippen LogP contribution in [-0.2, 0) is 6.42 Å². The largest absolute Gasteiger partial charge is 0.459 e. The highest BCUT2D eigenvalue weighted by molar-refractivity contribution is 5.77. The van der Waals surface area contributed by atoms with Crippen LogP contribution in [0.4, 0.5) is 0 Å². The number of benzene rings is 1. The zero-order chi connectivity index (χ0) is 13.8. The lowest BCUT2D eigenvalue weighted by atomic mass is 10.0. The molecule has 0 saturated heterocycles. The monoisotopic (exact) mass is 266 g/mol. The van der Waals surface area contributed by atoms with E-state index in [-0.39, 0.29) is 6.04 Å². The second-order valence-electron chi connectivity index (χ2n) is 4.92. The lowest BCUT2D eigenvalue weighted by Gasteiger charge is -2.13. The first-order valence-corrected chi connectivity index (χ1v) is 6.91. The number of rotatable bonds is 5. The number of aromatic nitrogens is 1. The van der Waals surface area contributed by atoms with Gasteiger partial charge in [0.25, 0.3) is 0 Å². The number of hydrogen-bond donors (Lipinski definition) is 1. The minimum absolute atomic E-state index is 0.232. The number of fused-ring (bicyclic) bond motifs is 1. The molecule has 2 heterocycles. The fourth-order valence-corrected chi connectivity index (χ4v) is 2.46. The van der Waals surface area contributed by atoms with Crippen molar-refractivity contribution in [3.63, 3.8) is 0 Å². The maximum Gasteiger partial charge on any atom is 0.134 e. The summed E-state index contributed by atoms with van der Waals surface area (Å²) in [5.74, 6) is 1.00. The molecular formula is C17H18N2O. The van der Waals surface area contributed by atoms with Gasteiger partial charge in [-0.25, -0.2) is 0 Å². The Labute approximate surface area is 118 Å². The molecule has 1 aromatic carbocycles. The van der Waals surface area contributed by atoms with Gasteiger partial charge in [-0.3, -0.25) is 4.98 Å². The standard InChI is InChI=1S/C17H18N2O/c1-18-15(7-6-13-8-10-19-11-9-13)17-12-14-4-2-3-5-16(14)20-17/h2-5,8-12,15,18H,6-7H2,1H3. The summed E-state index contributed by atoms with van der Waals surface area (Å²) in [6.45, 7) is 0. The van der Waals surface area contributed by atoms with Gasteiger partial charge in [-0.05, 0) is 49.7 Å². The number of nitrogens with one attached hydrogen (secondary N) is 1. The van der Waals surface area contributed by atoms with E-state index >= 15 is 0 Å². The average molecular weight is 266 g/mol. The van der Waals surface area contributed by atoms with Gasteiger partial charge < -0.3 is 9.73 Å². The van der Waals surface area contributed by atoms with Gasteiger partial charge in [0.15, 0.2) is 0 Å². The second kappa shape index (κ2) is 5.88. The molecule has 3 nitrogen and oxygen atoms in total. The van der Waals surface area contributed by atoms with E-state index in [1.54, 1.807) is 0 Å². The molecule has 0 radical (unpaired) electrons. The number of pyridine rings is 1. The molecule has 1 N–H and O–H groups in total. The highest BCUT2D eigenvalue weighted by Gasteiger charge is 2.14. The highest BCUT2D eigenvalue weighted by atomic mass is 16.3. The summed E-state index contributed by atoms with van der Waals surface area (Å²) in [6, 6.07) is 14.6. The quantitative estimate of drug-likeness (QED) is 0.764. The van der Waals surface area contributed by atoms with E-state index in [1.807, 2.05) is 37.6 Å². The fourth-order valence-electron chi connectivity index (χ4n) is 2.46. The van der Waals surface area contributed by atoms with E-state index in [9.17, 15) is 0 Å². The minimum Gasteiger partial charge on any atom is -0.459 e. The van der Waals surface area contributed by atoms with E-state index in [0.717, 1.165) is 29.6 Å². The van der Waals surface area contributed by atoms with Crippen molar-refractivity contribution in [2.75, 3.05) is 7.05 Å². The number of para-hydroxylation sites is 1. The molecule has 0 bridgehead atoms. The predicted molar refractivity (Wildman–Crippen MR) is 80.6 cm³/mol. The van der Waals surface area contributed by atoms with E-state index in [0.29, 0.717) is 0 Å². The van der Waals surface area contributed by atoms with Crippen LogP contribution in [-0.4, -0.2) is 12.0 Å². The molecule has 0 amide bonds. The first kappa shape index (κ1) is 12.9. The summed E-state index contributed by atoms with van der Waals surface area (Å²) in [7, 11) is 1.98. The van der Waals surface area contributed by atoms with Crippen LogP contribution in [0.25, 0.3) is 11.0 Å². The van der Waals surface area contributed by atoms with Crippen molar-refractivity contribution in [3.05, 3.63) is 66.2 Å². The third kappa shape index (κ3) is 2.73. The third-order valence-corrected chi connectivity index (χ3v) is 3.61. The third-order valence-electron chi connectivity index (χ3n) is 3.61. The molecule has 102 valence electrons. The zero-order valence-corrected chi connectivity index (χ0v) is 11.5. The van der Waals surface area contributed by atoms with E-state index < -0.39 is 0 Å². The lowest BCUT2D eigenvalue weighted by molar-refractivity contribution is 0.433. The first-order chi connectivity index (χ1) is 9.86. The van der Waals surface area contributed by atoms with Gasteiger partial charge in [0, 0.05) is 17.8 Å². The van der Waals surface area contributed by atoms with Crippen LogP contribution >= 0.6 is 0 Å². The Balaban J connectivity index is 1.75. The molecule has 2 aromatic heterocycles. The van der Waals surface area contributed by atoms with Crippen LogP contribution in [0, 0.1) is 0 Å². The zero-order valence-electron chi connectivity index (χ0n) is 11.5. The minimum atomic E-state index is 0.232. The second-order valence-corrected chi connectivity index (χ2v) is 4.92. The van der Waals surface area contributed by atoms with Crippen molar-refractivity contribution in [2.24, 2.45) is 0 Å². The Morgan fingerprint density at radius 3 is 2.70 bits per heavy atom. The summed E-state index contributed by atoms with van der Waals surface area (Å²) < 4.78 is 5.93. The SMILES string of the molecule is CNC(CCc1ccncc1)c1cc2ccccc2o1. The van der Waals surface area contributed by atoms with Crippen LogP contribution < -0.4 is 5.32 Å². The summed E-state index contributed by atoms with van der Waals surface area (Å²) in [5, 5.41) is 4.50. The van der Waals surface area contributed by atoms with Crippen molar-refractivity contribution >= 4 is 11.0 Å². The van der Waals surface area contributed by atoms with Crippen molar-refractivity contribution in [1.29, 1.82) is 0 Å². The van der Waals surface area contributed by atoms with Crippen molar-refractivity contribution in [2.45, 2.75) is 18.9 Å². The molecule has 1 atom stereocenters. The van der Waals surface area contributed by atoms with Crippen LogP contribution in [0.5, 0.6) is 0 Å². The van der Waals surface area contributed by atoms with Crippen molar-refractivity contribution in [1.82, 2.24) is 10.3 Å². The molecule has 0 saturated carbocycles. The van der Waals surface area contributed by atoms with Gasteiger partial charge in [-0.15, -0.1) is 0 Å². The van der Waals surface area contributed by atoms with Gasteiger partial charge >= 0.3 is 0 Å². The summed E-state index contributed by atoms with van der Waals surface area (Å²) in [4.78, 5) is 4.05. The Morgan fingerprint density at radius 1 is 1.15 bits per heavy atom. The molecule has 0 aliphatic heterocycles. The van der Waals surface area contributed by atoms with E-state index in [1.165, 1.54) is 5.56 Å². The Kier molecular flexibility index (Phi) is 3.79. The molecule has 3 rings (SSSR count). The van der Waals surface area contributed by atoms with Gasteiger partial charge in [0.1, 0.15) is 11.3 Å². The highest BCUT2D eigenvalue weighted by Crippen LogP contribution is 2.26. The first-order valence-electron chi connectivity index (χ1n) is 6.91. The molecule has 3 aromatic rings. The Hall–Kier alpha value is -2.13. The van der Waals surface area contributed by atoms with Crippen LogP contribution in [0.15, 0.2) is 59.3 Å². The average Bonchev–Trinajstić information content (AvgIpc) is 2.92. The number of hydrogen-bond acceptors (Lipinski definition) is 3. The smallest absolute Gasteiger partial charge is 0.134 e. The molecule has 3 heteroatoms. The van der Waals surface area contributed by atoms with Crippen LogP contribution in [0.3, 0.4) is 0 Å². The molecule has 0 fully saturated rings. The van der Waals surface area contributed by atoms with E-state index in [2.05, 4.69) is 34.6 Å². The Morgan fingerprint density at radius 2 is 1.95 bits per heavy atom. The van der Waals surface area contributed by atoms with E-state index in [4.69, 9.17) is 4.42 Å².